The van der Waals surface area contributed by atoms with Crippen molar-refractivity contribution in [2.75, 3.05) is 6.54 Å². The fraction of sp³-hybridized carbons (Fsp3) is 0.818. The molecule has 4 N–H and O–H groups in total. The van der Waals surface area contributed by atoms with Crippen molar-refractivity contribution in [1.29, 1.82) is 0 Å². The average molecular weight is 246 g/mol. The lowest BCUT2D eigenvalue weighted by Crippen LogP contribution is -2.47. The second-order valence-electron chi connectivity index (χ2n) is 5.13. The van der Waals surface area contributed by atoms with Gasteiger partial charge in [-0.05, 0) is 12.3 Å². The van der Waals surface area contributed by atoms with Gasteiger partial charge in [0.25, 0.3) is 0 Å². The zero-order chi connectivity index (χ0) is 13.6. The first-order chi connectivity index (χ1) is 7.64. The third-order valence-electron chi connectivity index (χ3n) is 2.64. The lowest BCUT2D eigenvalue weighted by molar-refractivity contribution is -0.146. The Morgan fingerprint density at radius 3 is 2.24 bits per heavy atom. The fourth-order valence-corrected chi connectivity index (χ4v) is 0.910. The van der Waals surface area contributed by atoms with E-state index in [1.165, 1.54) is 0 Å². The highest BCUT2D eigenvalue weighted by Crippen LogP contribution is 2.18. The maximum absolute atomic E-state index is 11.4. The topological polar surface area (TPSA) is 98.7 Å². The van der Waals surface area contributed by atoms with Crippen LogP contribution in [-0.4, -0.2) is 40.9 Å². The molecular weight excluding hydrogens is 224 g/mol. The molecule has 0 radical (unpaired) electrons. The van der Waals surface area contributed by atoms with Gasteiger partial charge < -0.3 is 20.8 Å². The van der Waals surface area contributed by atoms with Crippen LogP contribution in [0.2, 0.25) is 0 Å². The summed E-state index contributed by atoms with van der Waals surface area (Å²) in [4.78, 5) is 21.7. The van der Waals surface area contributed by atoms with Gasteiger partial charge in [-0.1, -0.05) is 20.8 Å². The molecule has 6 nitrogen and oxygen atoms in total. The second kappa shape index (κ2) is 6.44. The first-order valence-electron chi connectivity index (χ1n) is 5.60. The normalized spacial score (nSPS) is 14.9. The minimum Gasteiger partial charge on any atom is -0.479 e. The van der Waals surface area contributed by atoms with Crippen LogP contribution in [0.1, 0.15) is 34.1 Å². The van der Waals surface area contributed by atoms with E-state index < -0.39 is 12.1 Å². The maximum Gasteiger partial charge on any atom is 0.332 e. The Morgan fingerprint density at radius 1 is 1.29 bits per heavy atom. The highest BCUT2D eigenvalue weighted by Gasteiger charge is 2.21. The quantitative estimate of drug-likeness (QED) is 0.569. The Kier molecular flexibility index (Phi) is 5.95. The van der Waals surface area contributed by atoms with Crippen molar-refractivity contribution in [2.45, 2.75) is 46.3 Å². The number of carbonyl (C=O) groups is 2. The Morgan fingerprint density at radius 2 is 1.82 bits per heavy atom. The van der Waals surface area contributed by atoms with E-state index in [0.29, 0.717) is 0 Å². The lowest BCUT2D eigenvalue weighted by atomic mass is 9.88. The first kappa shape index (κ1) is 15.7. The smallest absolute Gasteiger partial charge is 0.332 e. The van der Waals surface area contributed by atoms with Gasteiger partial charge in [-0.25, -0.2) is 9.59 Å². The molecule has 1 unspecified atom stereocenters. The number of carbonyl (C=O) groups excluding carboxylic acids is 1. The van der Waals surface area contributed by atoms with Gasteiger partial charge in [0.05, 0.1) is 0 Å². The molecule has 17 heavy (non-hydrogen) atoms. The van der Waals surface area contributed by atoms with Crippen LogP contribution >= 0.6 is 0 Å². The first-order valence-corrected chi connectivity index (χ1v) is 5.60. The Balaban J connectivity index is 3.85. The van der Waals surface area contributed by atoms with Gasteiger partial charge in [-0.2, -0.15) is 0 Å². The summed E-state index contributed by atoms with van der Waals surface area (Å²) in [6, 6.07) is -0.364. The molecule has 0 bridgehead atoms. The van der Waals surface area contributed by atoms with Crippen LogP contribution in [0.25, 0.3) is 0 Å². The van der Waals surface area contributed by atoms with Crippen LogP contribution in [-0.2, 0) is 4.79 Å². The Bertz CT molecular complexity index is 273. The monoisotopic (exact) mass is 246 g/mol. The molecule has 0 aromatic carbocycles. The number of carboxylic acid groups (broad SMARTS) is 1. The lowest BCUT2D eigenvalue weighted by Gasteiger charge is -2.28. The van der Waals surface area contributed by atoms with Gasteiger partial charge in [0.15, 0.2) is 6.10 Å². The van der Waals surface area contributed by atoms with Crippen LogP contribution in [0.4, 0.5) is 4.79 Å². The van der Waals surface area contributed by atoms with Crippen molar-refractivity contribution < 1.29 is 19.8 Å². The summed E-state index contributed by atoms with van der Waals surface area (Å²) in [6.45, 7) is 8.03. The van der Waals surface area contributed by atoms with E-state index >= 15 is 0 Å². The van der Waals surface area contributed by atoms with Crippen LogP contribution in [0.5, 0.6) is 0 Å². The standard InChI is InChI=1S/C11H22N2O4/c1-7(11(2,3)4)13-10(17)12-6-5-8(14)9(15)16/h7-8,14H,5-6H2,1-4H3,(H,15,16)(H2,12,13,17)/t7?,8-/m0/s1. The van der Waals surface area contributed by atoms with E-state index in [0.717, 1.165) is 0 Å². The molecule has 0 aromatic heterocycles. The molecule has 0 saturated heterocycles. The highest BCUT2D eigenvalue weighted by molar-refractivity contribution is 5.74. The molecule has 100 valence electrons. The number of urea groups is 1. The summed E-state index contributed by atoms with van der Waals surface area (Å²) in [5, 5.41) is 22.6. The molecule has 0 saturated carbocycles. The number of aliphatic hydroxyl groups excluding tert-OH is 1. The summed E-state index contributed by atoms with van der Waals surface area (Å²) in [5.41, 5.74) is -0.0437. The molecule has 0 rings (SSSR count). The molecule has 0 aromatic rings. The summed E-state index contributed by atoms with van der Waals surface area (Å²) in [7, 11) is 0. The molecule has 0 spiro atoms. The number of hydrogen-bond acceptors (Lipinski definition) is 3. The van der Waals surface area contributed by atoms with Crippen LogP contribution in [0.3, 0.4) is 0 Å². The molecule has 2 amide bonds. The summed E-state index contributed by atoms with van der Waals surface area (Å²) >= 11 is 0. The average Bonchev–Trinajstić information content (AvgIpc) is 2.15. The molecule has 0 heterocycles. The highest BCUT2D eigenvalue weighted by atomic mass is 16.4. The third kappa shape index (κ3) is 6.78. The van der Waals surface area contributed by atoms with Gasteiger partial charge >= 0.3 is 12.0 Å². The van der Waals surface area contributed by atoms with Crippen molar-refractivity contribution in [3.8, 4) is 0 Å². The van der Waals surface area contributed by atoms with Gasteiger partial charge in [0, 0.05) is 19.0 Å². The fourth-order valence-electron chi connectivity index (χ4n) is 0.910. The van der Waals surface area contributed by atoms with Crippen molar-refractivity contribution in [1.82, 2.24) is 10.6 Å². The Hall–Kier alpha value is -1.30. The predicted molar refractivity (Wildman–Crippen MR) is 63.7 cm³/mol. The van der Waals surface area contributed by atoms with Crippen LogP contribution in [0, 0.1) is 5.41 Å². The zero-order valence-electron chi connectivity index (χ0n) is 10.8. The van der Waals surface area contributed by atoms with Gasteiger partial charge in [0.1, 0.15) is 0 Å². The van der Waals surface area contributed by atoms with E-state index in [-0.39, 0.29) is 30.5 Å². The van der Waals surface area contributed by atoms with Crippen molar-refractivity contribution in [2.24, 2.45) is 5.41 Å². The van der Waals surface area contributed by atoms with Gasteiger partial charge in [-0.15, -0.1) is 0 Å². The van der Waals surface area contributed by atoms with Crippen molar-refractivity contribution in [3.05, 3.63) is 0 Å². The summed E-state index contributed by atoms with van der Waals surface area (Å²) < 4.78 is 0. The molecule has 0 aliphatic heterocycles. The number of hydrogen-bond donors (Lipinski definition) is 4. The number of aliphatic carboxylic acids is 1. The largest absolute Gasteiger partial charge is 0.479 e. The van der Waals surface area contributed by atoms with Gasteiger partial charge in [0.2, 0.25) is 0 Å². The number of carboxylic acids is 1. The zero-order valence-corrected chi connectivity index (χ0v) is 10.8. The van der Waals surface area contributed by atoms with E-state index in [1.54, 1.807) is 0 Å². The van der Waals surface area contributed by atoms with E-state index in [2.05, 4.69) is 10.6 Å². The molecule has 2 atom stereocenters. The molecule has 0 aliphatic rings. The van der Waals surface area contributed by atoms with Gasteiger partial charge in [-0.3, -0.25) is 0 Å². The number of aliphatic hydroxyl groups is 1. The minimum absolute atomic E-state index is 0.00729. The molecule has 0 fully saturated rings. The number of nitrogens with one attached hydrogen (secondary N) is 2. The number of amides is 2. The molecule has 6 heteroatoms. The van der Waals surface area contributed by atoms with Crippen LogP contribution < -0.4 is 10.6 Å². The van der Waals surface area contributed by atoms with Crippen molar-refractivity contribution >= 4 is 12.0 Å². The van der Waals surface area contributed by atoms with E-state index in [4.69, 9.17) is 10.2 Å². The summed E-state index contributed by atoms with van der Waals surface area (Å²) in [5.74, 6) is -1.28. The number of rotatable bonds is 5. The molecule has 0 aliphatic carbocycles. The molecular formula is C11H22N2O4. The maximum atomic E-state index is 11.4. The SMILES string of the molecule is CC(NC(=O)NCC[C@H](O)C(=O)O)C(C)(C)C. The van der Waals surface area contributed by atoms with E-state index in [1.807, 2.05) is 27.7 Å². The predicted octanol–water partition coefficient (Wildman–Crippen LogP) is 0.556. The van der Waals surface area contributed by atoms with E-state index in [9.17, 15) is 9.59 Å². The second-order valence-corrected chi connectivity index (χ2v) is 5.13. The summed E-state index contributed by atoms with van der Waals surface area (Å²) in [6.07, 6.45) is -1.44. The van der Waals surface area contributed by atoms with Crippen molar-refractivity contribution in [3.63, 3.8) is 0 Å². The van der Waals surface area contributed by atoms with Crippen LogP contribution in [0.15, 0.2) is 0 Å². The Labute approximate surface area is 101 Å². The minimum atomic E-state index is -1.43. The third-order valence-corrected chi connectivity index (χ3v) is 2.64.